The molecule has 0 bridgehead atoms. The van der Waals surface area contributed by atoms with E-state index in [4.69, 9.17) is 5.73 Å². The van der Waals surface area contributed by atoms with Gasteiger partial charge in [0.2, 0.25) is 0 Å². The van der Waals surface area contributed by atoms with Crippen LogP contribution in [0.25, 0.3) is 0 Å². The maximum absolute atomic E-state index is 6.50. The lowest BCUT2D eigenvalue weighted by Gasteiger charge is -2.28. The minimum absolute atomic E-state index is 0.136. The van der Waals surface area contributed by atoms with Gasteiger partial charge < -0.3 is 5.73 Å². The third kappa shape index (κ3) is 3.65. The molecule has 0 spiro atoms. The second-order valence-corrected chi connectivity index (χ2v) is 6.97. The van der Waals surface area contributed by atoms with Crippen LogP contribution >= 0.6 is 0 Å². The molecule has 2 aliphatic heterocycles. The molecule has 2 aliphatic rings. The van der Waals surface area contributed by atoms with Gasteiger partial charge in [0.15, 0.2) is 0 Å². The summed E-state index contributed by atoms with van der Waals surface area (Å²) in [5, 5.41) is 0. The van der Waals surface area contributed by atoms with Crippen molar-refractivity contribution in [2.75, 3.05) is 32.7 Å². The Morgan fingerprint density at radius 3 is 2.57 bits per heavy atom. The molecular formula is C18H29N3. The summed E-state index contributed by atoms with van der Waals surface area (Å²) in [6.45, 7) is 10.3. The van der Waals surface area contributed by atoms with E-state index in [2.05, 4.69) is 41.8 Å². The van der Waals surface area contributed by atoms with Gasteiger partial charge in [-0.25, -0.2) is 0 Å². The number of nitrogens with zero attached hydrogens (tertiary/aromatic N) is 2. The lowest BCUT2D eigenvalue weighted by molar-refractivity contribution is 0.213. The molecule has 1 aromatic rings. The molecule has 3 nitrogen and oxygen atoms in total. The SMILES string of the molecule is Cc1cc(C)cc(C(N)CN2CCCN3CCCC3C2)c1. The molecule has 0 radical (unpaired) electrons. The molecule has 2 N–H and O–H groups in total. The molecule has 3 rings (SSSR count). The van der Waals surface area contributed by atoms with E-state index < -0.39 is 0 Å². The first kappa shape index (κ1) is 15.0. The molecule has 3 heteroatoms. The fourth-order valence-corrected chi connectivity index (χ4v) is 4.06. The third-order valence-corrected chi connectivity index (χ3v) is 5.01. The van der Waals surface area contributed by atoms with Gasteiger partial charge in [-0.3, -0.25) is 9.80 Å². The van der Waals surface area contributed by atoms with Crippen molar-refractivity contribution in [1.82, 2.24) is 9.80 Å². The number of nitrogens with two attached hydrogens (primary N) is 1. The Labute approximate surface area is 129 Å². The van der Waals surface area contributed by atoms with Crippen LogP contribution in [0.5, 0.6) is 0 Å². The predicted octanol–water partition coefficient (Wildman–Crippen LogP) is 2.47. The average molecular weight is 287 g/mol. The molecule has 0 saturated carbocycles. The topological polar surface area (TPSA) is 32.5 Å². The van der Waals surface area contributed by atoms with Crippen LogP contribution in [0, 0.1) is 13.8 Å². The first-order valence-electron chi connectivity index (χ1n) is 8.42. The molecule has 2 saturated heterocycles. The zero-order valence-electron chi connectivity index (χ0n) is 13.5. The van der Waals surface area contributed by atoms with E-state index in [1.807, 2.05) is 0 Å². The summed E-state index contributed by atoms with van der Waals surface area (Å²) in [6.07, 6.45) is 4.03. The van der Waals surface area contributed by atoms with Crippen molar-refractivity contribution in [3.8, 4) is 0 Å². The number of hydrogen-bond acceptors (Lipinski definition) is 3. The highest BCUT2D eigenvalue weighted by molar-refractivity contribution is 5.30. The molecule has 1 aromatic carbocycles. The fraction of sp³-hybridized carbons (Fsp3) is 0.667. The van der Waals surface area contributed by atoms with Crippen LogP contribution in [0.4, 0.5) is 0 Å². The zero-order valence-corrected chi connectivity index (χ0v) is 13.5. The monoisotopic (exact) mass is 287 g/mol. The number of aryl methyl sites for hydroxylation is 2. The van der Waals surface area contributed by atoms with Gasteiger partial charge in [0, 0.05) is 25.2 Å². The molecule has 0 aliphatic carbocycles. The zero-order chi connectivity index (χ0) is 14.8. The van der Waals surface area contributed by atoms with Gasteiger partial charge in [0.25, 0.3) is 0 Å². The first-order valence-corrected chi connectivity index (χ1v) is 8.42. The Hall–Kier alpha value is -0.900. The van der Waals surface area contributed by atoms with Crippen molar-refractivity contribution in [3.05, 3.63) is 34.9 Å². The molecule has 21 heavy (non-hydrogen) atoms. The summed E-state index contributed by atoms with van der Waals surface area (Å²) in [4.78, 5) is 5.28. The standard InChI is InChI=1S/C18H29N3/c1-14-9-15(2)11-16(10-14)18(19)13-20-6-4-8-21-7-3-5-17(21)12-20/h9-11,17-18H,3-8,12-13,19H2,1-2H3. The van der Waals surface area contributed by atoms with E-state index >= 15 is 0 Å². The molecule has 116 valence electrons. The highest BCUT2D eigenvalue weighted by Crippen LogP contribution is 2.23. The molecule has 2 unspecified atom stereocenters. The van der Waals surface area contributed by atoms with Crippen LogP contribution in [0.1, 0.15) is 42.0 Å². The Morgan fingerprint density at radius 2 is 1.81 bits per heavy atom. The van der Waals surface area contributed by atoms with Gasteiger partial charge in [-0.1, -0.05) is 29.3 Å². The number of fused-ring (bicyclic) bond motifs is 1. The largest absolute Gasteiger partial charge is 0.323 e. The predicted molar refractivity (Wildman–Crippen MR) is 88.5 cm³/mol. The first-order chi connectivity index (χ1) is 10.1. The highest BCUT2D eigenvalue weighted by Gasteiger charge is 2.29. The van der Waals surface area contributed by atoms with Crippen LogP contribution < -0.4 is 5.73 Å². The molecule has 2 fully saturated rings. The van der Waals surface area contributed by atoms with E-state index in [1.54, 1.807) is 0 Å². The molecular weight excluding hydrogens is 258 g/mol. The summed E-state index contributed by atoms with van der Waals surface area (Å²) in [7, 11) is 0. The number of rotatable bonds is 3. The summed E-state index contributed by atoms with van der Waals surface area (Å²) in [5.74, 6) is 0. The lowest BCUT2D eigenvalue weighted by Crippen LogP contribution is -2.39. The average Bonchev–Trinajstić information content (AvgIpc) is 2.76. The molecule has 0 amide bonds. The fourth-order valence-electron chi connectivity index (χ4n) is 4.06. The van der Waals surface area contributed by atoms with Crippen LogP contribution in [0.15, 0.2) is 18.2 Å². The van der Waals surface area contributed by atoms with Crippen molar-refractivity contribution >= 4 is 0 Å². The van der Waals surface area contributed by atoms with E-state index in [0.29, 0.717) is 0 Å². The van der Waals surface area contributed by atoms with Crippen LogP contribution in [-0.2, 0) is 0 Å². The Morgan fingerprint density at radius 1 is 1.10 bits per heavy atom. The summed E-state index contributed by atoms with van der Waals surface area (Å²) < 4.78 is 0. The van der Waals surface area contributed by atoms with Gasteiger partial charge in [-0.15, -0.1) is 0 Å². The summed E-state index contributed by atoms with van der Waals surface area (Å²) in [5.41, 5.74) is 10.4. The van der Waals surface area contributed by atoms with Crippen molar-refractivity contribution in [2.24, 2.45) is 5.73 Å². The van der Waals surface area contributed by atoms with Gasteiger partial charge >= 0.3 is 0 Å². The quantitative estimate of drug-likeness (QED) is 0.927. The van der Waals surface area contributed by atoms with Crippen molar-refractivity contribution in [1.29, 1.82) is 0 Å². The van der Waals surface area contributed by atoms with Crippen molar-refractivity contribution in [3.63, 3.8) is 0 Å². The summed E-state index contributed by atoms with van der Waals surface area (Å²) >= 11 is 0. The van der Waals surface area contributed by atoms with E-state index in [0.717, 1.165) is 12.6 Å². The minimum atomic E-state index is 0.136. The number of hydrogen-bond donors (Lipinski definition) is 1. The van der Waals surface area contributed by atoms with Gasteiger partial charge in [0.05, 0.1) is 0 Å². The van der Waals surface area contributed by atoms with Crippen molar-refractivity contribution in [2.45, 2.75) is 45.2 Å². The molecule has 0 aromatic heterocycles. The highest BCUT2D eigenvalue weighted by atomic mass is 15.3. The molecule has 2 atom stereocenters. The third-order valence-electron chi connectivity index (χ3n) is 5.01. The van der Waals surface area contributed by atoms with Crippen LogP contribution in [-0.4, -0.2) is 48.6 Å². The smallest absolute Gasteiger partial charge is 0.0424 e. The van der Waals surface area contributed by atoms with Gasteiger partial charge in [-0.05, 0) is 58.3 Å². The second kappa shape index (κ2) is 6.47. The van der Waals surface area contributed by atoms with E-state index in [1.165, 1.54) is 62.1 Å². The Bertz CT molecular complexity index is 465. The van der Waals surface area contributed by atoms with Crippen LogP contribution in [0.2, 0.25) is 0 Å². The second-order valence-electron chi connectivity index (χ2n) is 6.97. The minimum Gasteiger partial charge on any atom is -0.323 e. The van der Waals surface area contributed by atoms with Gasteiger partial charge in [-0.2, -0.15) is 0 Å². The lowest BCUT2D eigenvalue weighted by atomic mass is 10.0. The van der Waals surface area contributed by atoms with Crippen LogP contribution in [0.3, 0.4) is 0 Å². The van der Waals surface area contributed by atoms with E-state index in [-0.39, 0.29) is 6.04 Å². The Kier molecular flexibility index (Phi) is 4.63. The maximum Gasteiger partial charge on any atom is 0.0424 e. The molecule has 2 heterocycles. The normalized spacial score (nSPS) is 25.6. The Balaban J connectivity index is 1.64. The van der Waals surface area contributed by atoms with Crippen molar-refractivity contribution < 1.29 is 0 Å². The van der Waals surface area contributed by atoms with Gasteiger partial charge in [0.1, 0.15) is 0 Å². The van der Waals surface area contributed by atoms with E-state index in [9.17, 15) is 0 Å². The summed E-state index contributed by atoms with van der Waals surface area (Å²) in [6, 6.07) is 7.63. The number of benzene rings is 1. The maximum atomic E-state index is 6.50.